The maximum absolute atomic E-state index is 10.6. The molecule has 0 aliphatic rings. The number of hydrogen-bond donors (Lipinski definition) is 2. The van der Waals surface area contributed by atoms with Crippen molar-refractivity contribution < 1.29 is 5.11 Å². The van der Waals surface area contributed by atoms with Crippen LogP contribution in [0.15, 0.2) is 24.3 Å². The first kappa shape index (κ1) is 14.2. The Hall–Kier alpha value is -0.860. The molecule has 0 bridgehead atoms. The van der Waals surface area contributed by atoms with E-state index in [4.69, 9.17) is 5.73 Å². The first-order chi connectivity index (χ1) is 7.82. The second-order valence-corrected chi connectivity index (χ2v) is 5.83. The van der Waals surface area contributed by atoms with Gasteiger partial charge in [0.2, 0.25) is 0 Å². The topological polar surface area (TPSA) is 46.2 Å². The molecule has 0 aliphatic carbocycles. The normalized spacial score (nSPS) is 15.6. The Morgan fingerprint density at radius 3 is 1.88 bits per heavy atom. The Morgan fingerprint density at radius 2 is 1.53 bits per heavy atom. The van der Waals surface area contributed by atoms with Crippen LogP contribution in [0.4, 0.5) is 0 Å². The highest BCUT2D eigenvalue weighted by Crippen LogP contribution is 2.32. The summed E-state index contributed by atoms with van der Waals surface area (Å²) >= 11 is 0. The minimum absolute atomic E-state index is 0.217. The van der Waals surface area contributed by atoms with Crippen molar-refractivity contribution in [1.29, 1.82) is 0 Å². The highest BCUT2D eigenvalue weighted by atomic mass is 16.3. The second kappa shape index (κ2) is 5.19. The van der Waals surface area contributed by atoms with Crippen molar-refractivity contribution in [3.8, 4) is 0 Å². The van der Waals surface area contributed by atoms with Gasteiger partial charge in [-0.2, -0.15) is 0 Å². The molecule has 1 atom stereocenters. The summed E-state index contributed by atoms with van der Waals surface area (Å²) in [7, 11) is 0. The molecule has 0 aromatic heterocycles. The van der Waals surface area contributed by atoms with E-state index in [0.717, 1.165) is 12.0 Å². The van der Waals surface area contributed by atoms with Crippen LogP contribution in [0.5, 0.6) is 0 Å². The Morgan fingerprint density at radius 1 is 1.06 bits per heavy atom. The molecule has 0 aliphatic heterocycles. The van der Waals surface area contributed by atoms with E-state index >= 15 is 0 Å². The Bertz CT molecular complexity index is 350. The molecule has 96 valence electrons. The lowest BCUT2D eigenvalue weighted by atomic mass is 9.73. The molecule has 1 aromatic rings. The molecule has 1 aromatic carbocycles. The fraction of sp³-hybridized carbons (Fsp3) is 0.600. The van der Waals surface area contributed by atoms with Crippen LogP contribution in [0.3, 0.4) is 0 Å². The van der Waals surface area contributed by atoms with E-state index in [0.29, 0.717) is 6.42 Å². The predicted molar refractivity (Wildman–Crippen MR) is 73.0 cm³/mol. The lowest BCUT2D eigenvalue weighted by molar-refractivity contribution is -0.0490. The van der Waals surface area contributed by atoms with Crippen molar-refractivity contribution >= 4 is 0 Å². The summed E-state index contributed by atoms with van der Waals surface area (Å²) in [6, 6.07) is 8.42. The lowest BCUT2D eigenvalue weighted by Crippen LogP contribution is -2.50. The van der Waals surface area contributed by atoms with Gasteiger partial charge >= 0.3 is 0 Å². The first-order valence-electron chi connectivity index (χ1n) is 6.32. The Balaban J connectivity index is 2.87. The van der Waals surface area contributed by atoms with Crippen LogP contribution in [-0.4, -0.2) is 17.3 Å². The fourth-order valence-electron chi connectivity index (χ4n) is 1.87. The summed E-state index contributed by atoms with van der Waals surface area (Å²) in [5.41, 5.74) is 7.15. The minimum atomic E-state index is -0.846. The van der Waals surface area contributed by atoms with Crippen molar-refractivity contribution in [2.75, 3.05) is 6.54 Å². The van der Waals surface area contributed by atoms with E-state index in [2.05, 4.69) is 31.2 Å². The van der Waals surface area contributed by atoms with Crippen molar-refractivity contribution in [2.45, 2.75) is 46.1 Å². The third kappa shape index (κ3) is 3.30. The fourth-order valence-corrected chi connectivity index (χ4v) is 1.87. The van der Waals surface area contributed by atoms with Gasteiger partial charge in [0.05, 0.1) is 5.60 Å². The van der Waals surface area contributed by atoms with Crippen molar-refractivity contribution in [3.05, 3.63) is 35.4 Å². The van der Waals surface area contributed by atoms with Crippen LogP contribution in [0.1, 0.15) is 38.8 Å². The van der Waals surface area contributed by atoms with Gasteiger partial charge in [0.1, 0.15) is 0 Å². The Kier molecular flexibility index (Phi) is 4.34. The monoisotopic (exact) mass is 235 g/mol. The quantitative estimate of drug-likeness (QED) is 0.842. The first-order valence-corrected chi connectivity index (χ1v) is 6.32. The largest absolute Gasteiger partial charge is 0.388 e. The molecule has 2 nitrogen and oxygen atoms in total. The molecular weight excluding hydrogens is 210 g/mol. The van der Waals surface area contributed by atoms with Gasteiger partial charge in [-0.1, -0.05) is 52.0 Å². The molecule has 17 heavy (non-hydrogen) atoms. The van der Waals surface area contributed by atoms with E-state index in [1.807, 2.05) is 20.8 Å². The molecule has 3 N–H and O–H groups in total. The number of rotatable bonds is 4. The summed E-state index contributed by atoms with van der Waals surface area (Å²) in [6.07, 6.45) is 1.65. The summed E-state index contributed by atoms with van der Waals surface area (Å²) in [5, 5.41) is 10.6. The van der Waals surface area contributed by atoms with Crippen molar-refractivity contribution in [3.63, 3.8) is 0 Å². The van der Waals surface area contributed by atoms with Gasteiger partial charge in [0.15, 0.2) is 0 Å². The highest BCUT2D eigenvalue weighted by molar-refractivity contribution is 5.24. The number of nitrogens with two attached hydrogens (primary N) is 1. The third-order valence-corrected chi connectivity index (χ3v) is 3.66. The van der Waals surface area contributed by atoms with Crippen molar-refractivity contribution in [2.24, 2.45) is 11.1 Å². The molecule has 0 saturated carbocycles. The van der Waals surface area contributed by atoms with Gasteiger partial charge in [-0.15, -0.1) is 0 Å². The van der Waals surface area contributed by atoms with Gasteiger partial charge in [-0.25, -0.2) is 0 Å². The number of hydrogen-bond acceptors (Lipinski definition) is 2. The number of benzene rings is 1. The van der Waals surface area contributed by atoms with Crippen LogP contribution in [-0.2, 0) is 12.8 Å². The van der Waals surface area contributed by atoms with Gasteiger partial charge in [-0.05, 0) is 23.0 Å². The zero-order valence-electron chi connectivity index (χ0n) is 11.5. The number of aliphatic hydroxyl groups is 1. The number of aryl methyl sites for hydroxylation is 1. The molecule has 0 fully saturated rings. The van der Waals surface area contributed by atoms with Gasteiger partial charge < -0.3 is 10.8 Å². The molecule has 0 saturated heterocycles. The van der Waals surface area contributed by atoms with E-state index < -0.39 is 5.60 Å². The maximum atomic E-state index is 10.6. The van der Waals surface area contributed by atoms with Crippen LogP contribution < -0.4 is 5.73 Å². The lowest BCUT2D eigenvalue weighted by Gasteiger charge is -2.39. The summed E-state index contributed by atoms with van der Waals surface area (Å²) in [5.74, 6) is 0. The van der Waals surface area contributed by atoms with Crippen LogP contribution >= 0.6 is 0 Å². The van der Waals surface area contributed by atoms with Crippen LogP contribution in [0.25, 0.3) is 0 Å². The molecule has 0 spiro atoms. The summed E-state index contributed by atoms with van der Waals surface area (Å²) in [6.45, 7) is 8.51. The molecule has 0 heterocycles. The zero-order chi connectivity index (χ0) is 13.1. The molecule has 0 amide bonds. The average molecular weight is 235 g/mol. The van der Waals surface area contributed by atoms with E-state index in [-0.39, 0.29) is 12.0 Å². The van der Waals surface area contributed by atoms with Crippen LogP contribution in [0.2, 0.25) is 0 Å². The second-order valence-electron chi connectivity index (χ2n) is 5.83. The molecule has 1 unspecified atom stereocenters. The van der Waals surface area contributed by atoms with E-state index in [1.165, 1.54) is 5.56 Å². The average Bonchev–Trinajstić information content (AvgIpc) is 2.28. The summed E-state index contributed by atoms with van der Waals surface area (Å²) in [4.78, 5) is 0. The van der Waals surface area contributed by atoms with Crippen LogP contribution in [0, 0.1) is 5.41 Å². The smallest absolute Gasteiger partial charge is 0.0857 e. The van der Waals surface area contributed by atoms with Crippen molar-refractivity contribution in [1.82, 2.24) is 0 Å². The highest BCUT2D eigenvalue weighted by Gasteiger charge is 2.38. The molecular formula is C15H25NO. The SMILES string of the molecule is CCc1ccc(CC(O)(CN)C(C)(C)C)cc1. The molecule has 1 rings (SSSR count). The molecule has 0 radical (unpaired) electrons. The zero-order valence-corrected chi connectivity index (χ0v) is 11.5. The predicted octanol–water partition coefficient (Wildman–Crippen LogP) is 2.53. The molecule has 2 heteroatoms. The maximum Gasteiger partial charge on any atom is 0.0857 e. The van der Waals surface area contributed by atoms with E-state index in [9.17, 15) is 5.11 Å². The van der Waals surface area contributed by atoms with Gasteiger partial charge in [0.25, 0.3) is 0 Å². The third-order valence-electron chi connectivity index (χ3n) is 3.66. The minimum Gasteiger partial charge on any atom is -0.388 e. The van der Waals surface area contributed by atoms with Gasteiger partial charge in [-0.3, -0.25) is 0 Å². The summed E-state index contributed by atoms with van der Waals surface area (Å²) < 4.78 is 0. The Labute approximate surface area is 105 Å². The van der Waals surface area contributed by atoms with Gasteiger partial charge in [0, 0.05) is 13.0 Å². The van der Waals surface area contributed by atoms with E-state index in [1.54, 1.807) is 0 Å². The standard InChI is InChI=1S/C15H25NO/c1-5-12-6-8-13(9-7-12)10-15(17,11-16)14(2,3)4/h6-9,17H,5,10-11,16H2,1-4H3.